The first-order valence-corrected chi connectivity index (χ1v) is 11.1. The highest BCUT2D eigenvalue weighted by Gasteiger charge is 2.14. The number of carbonyl (C=O) groups is 1. The molecule has 36 heavy (non-hydrogen) atoms. The number of amides is 1. The quantitative estimate of drug-likeness (QED) is 0.318. The molecule has 180 valence electrons. The minimum Gasteiger partial charge on any atom is -0.465 e. The number of aryl methyl sites for hydroxylation is 1. The number of imidazole rings is 1. The van der Waals surface area contributed by atoms with E-state index >= 15 is 0 Å². The molecular formula is C24H19ClN8O3. The number of nitrogens with zero attached hydrogens (tertiary/aromatic N) is 6. The molecule has 0 saturated heterocycles. The second kappa shape index (κ2) is 9.47. The summed E-state index contributed by atoms with van der Waals surface area (Å²) in [7, 11) is 0. The standard InChI is InChI=1S/C24H19ClN8O3/c1-14-8-16(19-10-17(25)4-7-21(19)33-13-27-30-31-33)9-23(34)32(14)12-22-26-11-20(29-22)15-2-5-18(6-3-15)28-24(35)36/h2-11,13,28H,12H2,1H3,(H,26,29)(H,35,36). The first-order valence-electron chi connectivity index (χ1n) is 10.8. The number of aromatic amines is 1. The molecule has 11 nitrogen and oxygen atoms in total. The topological polar surface area (TPSA) is 144 Å². The molecule has 3 N–H and O–H groups in total. The molecule has 2 aromatic carbocycles. The van der Waals surface area contributed by atoms with Crippen molar-refractivity contribution in [3.63, 3.8) is 0 Å². The highest BCUT2D eigenvalue weighted by molar-refractivity contribution is 6.31. The van der Waals surface area contributed by atoms with E-state index in [1.807, 2.05) is 13.0 Å². The maximum absolute atomic E-state index is 13.1. The van der Waals surface area contributed by atoms with Crippen LogP contribution in [-0.2, 0) is 6.54 Å². The zero-order valence-corrected chi connectivity index (χ0v) is 19.6. The Kier molecular flexibility index (Phi) is 6.05. The van der Waals surface area contributed by atoms with Crippen molar-refractivity contribution in [2.75, 3.05) is 5.32 Å². The van der Waals surface area contributed by atoms with Crippen molar-refractivity contribution in [2.45, 2.75) is 13.5 Å². The molecule has 1 amide bonds. The molecule has 5 aromatic rings. The summed E-state index contributed by atoms with van der Waals surface area (Å²) in [5, 5.41) is 23.0. The number of aromatic nitrogens is 7. The van der Waals surface area contributed by atoms with Gasteiger partial charge in [-0.15, -0.1) is 5.10 Å². The first-order chi connectivity index (χ1) is 17.4. The van der Waals surface area contributed by atoms with Gasteiger partial charge in [-0.2, -0.15) is 4.68 Å². The van der Waals surface area contributed by atoms with E-state index in [-0.39, 0.29) is 12.1 Å². The molecule has 0 bridgehead atoms. The smallest absolute Gasteiger partial charge is 0.409 e. The van der Waals surface area contributed by atoms with Crippen molar-refractivity contribution in [1.29, 1.82) is 0 Å². The van der Waals surface area contributed by atoms with Crippen LogP contribution in [0, 0.1) is 6.92 Å². The molecule has 0 atom stereocenters. The van der Waals surface area contributed by atoms with Gasteiger partial charge in [0.1, 0.15) is 12.2 Å². The zero-order valence-electron chi connectivity index (χ0n) is 18.9. The van der Waals surface area contributed by atoms with Gasteiger partial charge in [-0.3, -0.25) is 10.1 Å². The molecule has 0 unspecified atom stereocenters. The molecule has 0 aliphatic heterocycles. The van der Waals surface area contributed by atoms with Crippen LogP contribution in [0.25, 0.3) is 28.1 Å². The Morgan fingerprint density at radius 3 is 2.61 bits per heavy atom. The number of hydrogen-bond donors (Lipinski definition) is 3. The highest BCUT2D eigenvalue weighted by Crippen LogP contribution is 2.29. The fraction of sp³-hybridized carbons (Fsp3) is 0.0833. The van der Waals surface area contributed by atoms with E-state index in [1.54, 1.807) is 59.3 Å². The normalized spacial score (nSPS) is 10.9. The lowest BCUT2D eigenvalue weighted by Crippen LogP contribution is -2.23. The molecule has 12 heteroatoms. The van der Waals surface area contributed by atoms with Gasteiger partial charge in [-0.05, 0) is 64.9 Å². The van der Waals surface area contributed by atoms with Gasteiger partial charge in [0.2, 0.25) is 0 Å². The molecule has 3 aromatic heterocycles. The Hall–Kier alpha value is -4.77. The van der Waals surface area contributed by atoms with Crippen molar-refractivity contribution < 1.29 is 9.90 Å². The number of halogens is 1. The number of tetrazole rings is 1. The van der Waals surface area contributed by atoms with Crippen LogP contribution in [0.3, 0.4) is 0 Å². The third kappa shape index (κ3) is 4.72. The van der Waals surface area contributed by atoms with E-state index in [2.05, 4.69) is 30.8 Å². The van der Waals surface area contributed by atoms with Gasteiger partial charge in [0.15, 0.2) is 0 Å². The Balaban J connectivity index is 1.42. The SMILES string of the molecule is Cc1cc(-c2cc(Cl)ccc2-n2cnnn2)cc(=O)n1Cc1ncc(-c2ccc(NC(=O)O)cc2)[nH]1. The van der Waals surface area contributed by atoms with Gasteiger partial charge in [0.25, 0.3) is 5.56 Å². The van der Waals surface area contributed by atoms with Crippen LogP contribution in [0.2, 0.25) is 5.02 Å². The van der Waals surface area contributed by atoms with Gasteiger partial charge in [0.05, 0.1) is 24.1 Å². The highest BCUT2D eigenvalue weighted by atomic mass is 35.5. The molecule has 0 saturated carbocycles. The third-order valence-electron chi connectivity index (χ3n) is 5.58. The number of rotatable bonds is 6. The lowest BCUT2D eigenvalue weighted by atomic mass is 10.0. The zero-order chi connectivity index (χ0) is 25.2. The monoisotopic (exact) mass is 502 g/mol. The van der Waals surface area contributed by atoms with E-state index in [9.17, 15) is 9.59 Å². The van der Waals surface area contributed by atoms with Crippen molar-refractivity contribution >= 4 is 23.4 Å². The molecule has 0 fully saturated rings. The maximum Gasteiger partial charge on any atom is 0.409 e. The number of hydrogen-bond acceptors (Lipinski definition) is 6. The van der Waals surface area contributed by atoms with Crippen LogP contribution in [0.4, 0.5) is 10.5 Å². The molecule has 3 heterocycles. The van der Waals surface area contributed by atoms with E-state index in [0.29, 0.717) is 27.8 Å². The second-order valence-electron chi connectivity index (χ2n) is 7.98. The summed E-state index contributed by atoms with van der Waals surface area (Å²) in [5.74, 6) is 0.604. The lowest BCUT2D eigenvalue weighted by Gasteiger charge is -2.13. The average Bonchev–Trinajstić information content (AvgIpc) is 3.54. The summed E-state index contributed by atoms with van der Waals surface area (Å²) in [4.78, 5) is 31.5. The molecular weight excluding hydrogens is 484 g/mol. The summed E-state index contributed by atoms with van der Waals surface area (Å²) in [6.07, 6.45) is 2.03. The Labute approximate surface area is 209 Å². The summed E-state index contributed by atoms with van der Waals surface area (Å²) < 4.78 is 3.13. The van der Waals surface area contributed by atoms with Crippen molar-refractivity contribution in [3.8, 4) is 28.1 Å². The first kappa shape index (κ1) is 23.0. The van der Waals surface area contributed by atoms with E-state index < -0.39 is 6.09 Å². The Morgan fingerprint density at radius 1 is 1.11 bits per heavy atom. The largest absolute Gasteiger partial charge is 0.465 e. The second-order valence-corrected chi connectivity index (χ2v) is 8.41. The van der Waals surface area contributed by atoms with Crippen molar-refractivity contribution in [2.24, 2.45) is 0 Å². The minimum absolute atomic E-state index is 0.199. The summed E-state index contributed by atoms with van der Waals surface area (Å²) in [5.41, 5.74) is 4.70. The van der Waals surface area contributed by atoms with Gasteiger partial charge >= 0.3 is 6.09 Å². The predicted molar refractivity (Wildman–Crippen MR) is 133 cm³/mol. The fourth-order valence-corrected chi connectivity index (χ4v) is 4.07. The molecule has 5 rings (SSSR count). The number of benzene rings is 2. The predicted octanol–water partition coefficient (Wildman–Crippen LogP) is 3.98. The van der Waals surface area contributed by atoms with Gasteiger partial charge in [0, 0.05) is 28.0 Å². The molecule has 0 aliphatic rings. The minimum atomic E-state index is -1.12. The number of nitrogens with one attached hydrogen (secondary N) is 2. The van der Waals surface area contributed by atoms with Gasteiger partial charge < -0.3 is 14.7 Å². The van der Waals surface area contributed by atoms with Gasteiger partial charge in [-0.1, -0.05) is 23.7 Å². The molecule has 0 radical (unpaired) electrons. The van der Waals surface area contributed by atoms with Gasteiger partial charge in [-0.25, -0.2) is 9.78 Å². The Bertz CT molecular complexity index is 1610. The van der Waals surface area contributed by atoms with E-state index in [1.165, 1.54) is 11.0 Å². The van der Waals surface area contributed by atoms with Crippen LogP contribution in [-0.4, -0.2) is 45.9 Å². The number of H-pyrrole nitrogens is 1. The van der Waals surface area contributed by atoms with Crippen LogP contribution in [0.5, 0.6) is 0 Å². The van der Waals surface area contributed by atoms with Crippen molar-refractivity contribution in [1.82, 2.24) is 34.7 Å². The number of anilines is 1. The van der Waals surface area contributed by atoms with Crippen LogP contribution < -0.4 is 10.9 Å². The number of carboxylic acid groups (broad SMARTS) is 1. The lowest BCUT2D eigenvalue weighted by molar-refractivity contribution is 0.209. The maximum atomic E-state index is 13.1. The van der Waals surface area contributed by atoms with Crippen molar-refractivity contribution in [3.05, 3.63) is 94.0 Å². The molecule has 0 spiro atoms. The van der Waals surface area contributed by atoms with E-state index in [4.69, 9.17) is 16.7 Å². The van der Waals surface area contributed by atoms with Crippen LogP contribution in [0.1, 0.15) is 11.5 Å². The van der Waals surface area contributed by atoms with E-state index in [0.717, 1.165) is 22.5 Å². The average molecular weight is 503 g/mol. The number of pyridine rings is 1. The summed E-state index contributed by atoms with van der Waals surface area (Å²) in [6, 6.07) is 15.6. The summed E-state index contributed by atoms with van der Waals surface area (Å²) >= 11 is 6.24. The van der Waals surface area contributed by atoms with Crippen LogP contribution >= 0.6 is 11.6 Å². The summed E-state index contributed by atoms with van der Waals surface area (Å²) in [6.45, 7) is 2.10. The van der Waals surface area contributed by atoms with Crippen LogP contribution in [0.15, 0.2) is 71.9 Å². The fourth-order valence-electron chi connectivity index (χ4n) is 3.89. The Morgan fingerprint density at radius 2 is 1.92 bits per heavy atom. The third-order valence-corrected chi connectivity index (χ3v) is 5.82. The molecule has 0 aliphatic carbocycles.